The van der Waals surface area contributed by atoms with Crippen LogP contribution in [0.15, 0.2) is 39.9 Å². The Bertz CT molecular complexity index is 784. The van der Waals surface area contributed by atoms with Gasteiger partial charge in [-0.25, -0.2) is 0 Å². The largest absolute Gasteiger partial charge is 0.448 e. The van der Waals surface area contributed by atoms with Crippen molar-refractivity contribution in [1.82, 2.24) is 14.8 Å². The van der Waals surface area contributed by atoms with E-state index in [1.165, 1.54) is 11.9 Å². The van der Waals surface area contributed by atoms with E-state index < -0.39 is 6.23 Å². The maximum atomic E-state index is 11.9. The number of aryl methyl sites for hydroxylation is 2. The van der Waals surface area contributed by atoms with Crippen molar-refractivity contribution in [2.45, 2.75) is 33.5 Å². The van der Waals surface area contributed by atoms with Crippen LogP contribution in [0.5, 0.6) is 0 Å². The van der Waals surface area contributed by atoms with Gasteiger partial charge in [0.15, 0.2) is 0 Å². The van der Waals surface area contributed by atoms with Crippen molar-refractivity contribution >= 4 is 27.7 Å². The van der Waals surface area contributed by atoms with E-state index in [4.69, 9.17) is 4.74 Å². The zero-order chi connectivity index (χ0) is 16.6. The van der Waals surface area contributed by atoms with E-state index in [0.717, 1.165) is 21.4 Å². The summed E-state index contributed by atoms with van der Waals surface area (Å²) in [7, 11) is 0. The Morgan fingerprint density at radius 3 is 2.74 bits per heavy atom. The van der Waals surface area contributed by atoms with Crippen molar-refractivity contribution in [3.8, 4) is 0 Å². The molecule has 1 atom stereocenters. The van der Waals surface area contributed by atoms with Crippen LogP contribution in [0.4, 0.5) is 0 Å². The van der Waals surface area contributed by atoms with Gasteiger partial charge in [-0.3, -0.25) is 9.48 Å². The molecule has 23 heavy (non-hydrogen) atoms. The van der Waals surface area contributed by atoms with E-state index in [0.29, 0.717) is 12.4 Å². The second-order valence-corrected chi connectivity index (χ2v) is 6.38. The van der Waals surface area contributed by atoms with Gasteiger partial charge in [0, 0.05) is 22.7 Å². The molecule has 1 amide bonds. The number of hydrazone groups is 1. The number of carbonyl (C=O) groups is 1. The highest BCUT2D eigenvalue weighted by atomic mass is 79.9. The van der Waals surface area contributed by atoms with Gasteiger partial charge in [0.05, 0.1) is 12.2 Å². The van der Waals surface area contributed by atoms with Crippen molar-refractivity contribution in [1.29, 1.82) is 0 Å². The summed E-state index contributed by atoms with van der Waals surface area (Å²) >= 11 is 3.43. The minimum absolute atomic E-state index is 0.165. The second kappa shape index (κ2) is 6.16. The molecule has 6 nitrogen and oxygen atoms in total. The van der Waals surface area contributed by atoms with Crippen LogP contribution in [0.2, 0.25) is 0 Å². The minimum atomic E-state index is -0.500. The summed E-state index contributed by atoms with van der Waals surface area (Å²) in [4.78, 5) is 11.9. The fourth-order valence-electron chi connectivity index (χ4n) is 2.51. The normalized spacial score (nSPS) is 17.1. The van der Waals surface area contributed by atoms with E-state index in [9.17, 15) is 4.79 Å². The highest BCUT2D eigenvalue weighted by molar-refractivity contribution is 9.10. The Balaban J connectivity index is 1.85. The second-order valence-electron chi connectivity index (χ2n) is 5.46. The first kappa shape index (κ1) is 15.7. The van der Waals surface area contributed by atoms with Crippen molar-refractivity contribution in [3.63, 3.8) is 0 Å². The third kappa shape index (κ3) is 3.29. The molecule has 1 aliphatic rings. The molecule has 7 heteroatoms. The lowest BCUT2D eigenvalue weighted by atomic mass is 10.2. The Morgan fingerprint density at radius 2 is 2.13 bits per heavy atom. The zero-order valence-corrected chi connectivity index (χ0v) is 14.7. The first-order valence-electron chi connectivity index (χ1n) is 7.26. The maximum Gasteiger partial charge on any atom is 0.243 e. The molecule has 0 saturated heterocycles. The maximum absolute atomic E-state index is 11.9. The summed E-state index contributed by atoms with van der Waals surface area (Å²) in [5.74, 6) is 0.273. The van der Waals surface area contributed by atoms with Gasteiger partial charge >= 0.3 is 0 Å². The van der Waals surface area contributed by atoms with Crippen molar-refractivity contribution in [2.75, 3.05) is 0 Å². The van der Waals surface area contributed by atoms with E-state index in [1.54, 1.807) is 0 Å². The molecular weight excluding hydrogens is 360 g/mol. The smallest absolute Gasteiger partial charge is 0.243 e. The Morgan fingerprint density at radius 1 is 1.35 bits per heavy atom. The number of amides is 1. The molecule has 0 radical (unpaired) electrons. The third-order valence-electron chi connectivity index (χ3n) is 3.55. The Hall–Kier alpha value is -2.15. The topological polar surface area (TPSA) is 59.7 Å². The zero-order valence-electron chi connectivity index (χ0n) is 13.2. The van der Waals surface area contributed by atoms with Gasteiger partial charge in [-0.1, -0.05) is 22.0 Å². The number of halogens is 1. The monoisotopic (exact) mass is 376 g/mol. The fourth-order valence-corrected chi connectivity index (χ4v) is 2.91. The number of benzene rings is 1. The molecule has 0 N–H and O–H groups in total. The molecule has 3 rings (SSSR count). The van der Waals surface area contributed by atoms with E-state index in [2.05, 4.69) is 26.1 Å². The predicted octanol–water partition coefficient (Wildman–Crippen LogP) is 2.83. The predicted molar refractivity (Wildman–Crippen MR) is 89.8 cm³/mol. The average molecular weight is 377 g/mol. The first-order valence-corrected chi connectivity index (χ1v) is 8.05. The quantitative estimate of drug-likeness (QED) is 0.827. The summed E-state index contributed by atoms with van der Waals surface area (Å²) in [6.07, 6.45) is -0.500. The van der Waals surface area contributed by atoms with Crippen LogP contribution in [-0.4, -0.2) is 32.8 Å². The van der Waals surface area contributed by atoms with Crippen molar-refractivity contribution < 1.29 is 9.53 Å². The van der Waals surface area contributed by atoms with Gasteiger partial charge < -0.3 is 4.74 Å². The summed E-state index contributed by atoms with van der Waals surface area (Å²) in [5.41, 5.74) is 2.77. The lowest BCUT2D eigenvalue weighted by molar-refractivity contribution is -0.135. The fraction of sp³-hybridized carbons (Fsp3) is 0.312. The molecular formula is C16H17BrN4O2. The summed E-state index contributed by atoms with van der Waals surface area (Å²) in [5, 5.41) is 10.1. The molecule has 0 aliphatic carbocycles. The van der Waals surface area contributed by atoms with Gasteiger partial charge in [0.25, 0.3) is 0 Å². The molecule has 0 fully saturated rings. The molecule has 0 saturated carbocycles. The number of hydrogen-bond acceptors (Lipinski definition) is 4. The van der Waals surface area contributed by atoms with Crippen LogP contribution in [-0.2, 0) is 16.1 Å². The van der Waals surface area contributed by atoms with Gasteiger partial charge in [-0.05, 0) is 38.1 Å². The highest BCUT2D eigenvalue weighted by Gasteiger charge is 2.32. The van der Waals surface area contributed by atoms with Crippen LogP contribution >= 0.6 is 15.9 Å². The van der Waals surface area contributed by atoms with Crippen LogP contribution in [0.25, 0.3) is 0 Å². The van der Waals surface area contributed by atoms with E-state index >= 15 is 0 Å². The first-order chi connectivity index (χ1) is 10.9. The van der Waals surface area contributed by atoms with Gasteiger partial charge in [0.2, 0.25) is 18.0 Å². The van der Waals surface area contributed by atoms with Crippen LogP contribution in [0.1, 0.15) is 23.9 Å². The molecule has 1 aromatic carbocycles. The number of aromatic nitrogens is 2. The molecule has 120 valence electrons. The van der Waals surface area contributed by atoms with Gasteiger partial charge in [0.1, 0.15) is 0 Å². The summed E-state index contributed by atoms with van der Waals surface area (Å²) < 4.78 is 8.68. The standard InChI is InChI=1S/C16H17BrN4O2/c1-10-7-11(2)20(18-10)9-15-21(12(3)22)19-16(23-15)13-5-4-6-14(17)8-13/h4-8,15H,9H2,1-3H3/t15-/m0/s1. The minimum Gasteiger partial charge on any atom is -0.448 e. The van der Waals surface area contributed by atoms with Gasteiger partial charge in [-0.2, -0.15) is 10.1 Å². The van der Waals surface area contributed by atoms with Crippen LogP contribution in [0.3, 0.4) is 0 Å². The lowest BCUT2D eigenvalue weighted by Crippen LogP contribution is -2.36. The molecule has 1 aromatic heterocycles. The third-order valence-corrected chi connectivity index (χ3v) is 4.04. The van der Waals surface area contributed by atoms with Crippen molar-refractivity contribution in [3.05, 3.63) is 51.8 Å². The molecule has 2 aromatic rings. The van der Waals surface area contributed by atoms with Gasteiger partial charge in [-0.15, -0.1) is 5.10 Å². The number of ether oxygens (including phenoxy) is 1. The lowest BCUT2D eigenvalue weighted by Gasteiger charge is -2.19. The van der Waals surface area contributed by atoms with Crippen LogP contribution in [0, 0.1) is 13.8 Å². The Kier molecular flexibility index (Phi) is 4.21. The van der Waals surface area contributed by atoms with E-state index in [-0.39, 0.29) is 5.91 Å². The summed E-state index contributed by atoms with van der Waals surface area (Å²) in [6.45, 7) is 5.82. The highest BCUT2D eigenvalue weighted by Crippen LogP contribution is 2.21. The molecule has 0 bridgehead atoms. The molecule has 1 aliphatic heterocycles. The SMILES string of the molecule is CC(=O)N1N=C(c2cccc(Br)c2)O[C@H]1Cn1nc(C)cc1C. The number of rotatable bonds is 3. The van der Waals surface area contributed by atoms with E-state index in [1.807, 2.05) is 48.9 Å². The molecule has 0 unspecified atom stereocenters. The van der Waals surface area contributed by atoms with Crippen molar-refractivity contribution in [2.24, 2.45) is 5.10 Å². The summed E-state index contributed by atoms with van der Waals surface area (Å²) in [6, 6.07) is 9.62. The number of carbonyl (C=O) groups excluding carboxylic acids is 1. The Labute approximate surface area is 142 Å². The number of hydrogen-bond donors (Lipinski definition) is 0. The average Bonchev–Trinajstić information content (AvgIpc) is 3.03. The molecule has 2 heterocycles. The number of nitrogens with zero attached hydrogens (tertiary/aromatic N) is 4. The van der Waals surface area contributed by atoms with Crippen LogP contribution < -0.4 is 0 Å². The molecule has 0 spiro atoms.